The maximum absolute atomic E-state index is 3.92. The van der Waals surface area contributed by atoms with Gasteiger partial charge in [-0.1, -0.05) is 43.1 Å². The highest BCUT2D eigenvalue weighted by atomic mass is 32.2. The summed E-state index contributed by atoms with van der Waals surface area (Å²) in [6.45, 7) is 9.58. The molecule has 0 unspecified atom stereocenters. The Kier molecular flexibility index (Phi) is 7.75. The summed E-state index contributed by atoms with van der Waals surface area (Å²) in [7, 11) is 1.86. The van der Waals surface area contributed by atoms with Gasteiger partial charge in [0, 0.05) is 16.9 Å². The van der Waals surface area contributed by atoms with Crippen LogP contribution in [-0.2, 0) is 0 Å². The molecule has 0 aliphatic carbocycles. The molecule has 1 nitrogen and oxygen atoms in total. The molecule has 0 rings (SSSR count). The molecular weight excluding hydrogens is 190 g/mol. The highest BCUT2D eigenvalue weighted by Crippen LogP contribution is 2.25. The lowest BCUT2D eigenvalue weighted by molar-refractivity contribution is 1.10. The van der Waals surface area contributed by atoms with E-state index in [9.17, 15) is 0 Å². The summed E-state index contributed by atoms with van der Waals surface area (Å²) in [6, 6.07) is 0. The second kappa shape index (κ2) is 8.45. The summed E-state index contributed by atoms with van der Waals surface area (Å²) in [5, 5.41) is 2.92. The largest absolute Gasteiger partial charge is 0.394 e. The number of rotatable bonds is 6. The van der Waals surface area contributed by atoms with E-state index in [1.165, 1.54) is 0 Å². The van der Waals surface area contributed by atoms with Gasteiger partial charge in [0.2, 0.25) is 0 Å². The van der Waals surface area contributed by atoms with E-state index in [1.807, 2.05) is 44.5 Å². The first-order valence-corrected chi connectivity index (χ1v) is 5.22. The van der Waals surface area contributed by atoms with Crippen LogP contribution in [-0.4, -0.2) is 7.05 Å². The first-order chi connectivity index (χ1) is 6.74. The lowest BCUT2D eigenvalue weighted by Crippen LogP contribution is -1.90. The van der Waals surface area contributed by atoms with Crippen LogP contribution < -0.4 is 5.32 Å². The molecule has 0 bridgehead atoms. The van der Waals surface area contributed by atoms with E-state index >= 15 is 0 Å². The van der Waals surface area contributed by atoms with Gasteiger partial charge in [-0.05, 0) is 25.3 Å². The lowest BCUT2D eigenvalue weighted by atomic mass is 10.4. The van der Waals surface area contributed by atoms with Crippen molar-refractivity contribution in [3.8, 4) is 0 Å². The number of hydrogen-bond donors (Lipinski definition) is 1. The molecule has 0 atom stereocenters. The molecule has 0 radical (unpaired) electrons. The molecule has 0 aromatic rings. The summed E-state index contributed by atoms with van der Waals surface area (Å²) in [5.41, 5.74) is 0. The van der Waals surface area contributed by atoms with Crippen LogP contribution in [0.4, 0.5) is 0 Å². The maximum atomic E-state index is 3.92. The van der Waals surface area contributed by atoms with Gasteiger partial charge in [-0.2, -0.15) is 0 Å². The second-order valence-electron chi connectivity index (χ2n) is 2.50. The van der Waals surface area contributed by atoms with Gasteiger partial charge in [0.25, 0.3) is 0 Å². The zero-order chi connectivity index (χ0) is 10.8. The third-order valence-corrected chi connectivity index (χ3v) is 2.20. The van der Waals surface area contributed by atoms with E-state index in [4.69, 9.17) is 0 Å². The monoisotopic (exact) mass is 207 g/mol. The minimum Gasteiger partial charge on any atom is -0.394 e. The van der Waals surface area contributed by atoms with Gasteiger partial charge in [0.05, 0.1) is 0 Å². The fourth-order valence-electron chi connectivity index (χ4n) is 0.766. The Hall–Kier alpha value is -1.15. The molecule has 0 saturated heterocycles. The minimum absolute atomic E-state index is 0.991. The highest BCUT2D eigenvalue weighted by molar-refractivity contribution is 8.07. The van der Waals surface area contributed by atoms with E-state index in [2.05, 4.69) is 18.5 Å². The van der Waals surface area contributed by atoms with Crippen LogP contribution in [0.2, 0.25) is 0 Å². The third-order valence-electron chi connectivity index (χ3n) is 1.30. The molecule has 14 heavy (non-hydrogen) atoms. The zero-order valence-corrected chi connectivity index (χ0v) is 9.60. The number of hydrogen-bond acceptors (Lipinski definition) is 2. The molecular formula is C12H17NS. The van der Waals surface area contributed by atoms with Gasteiger partial charge >= 0.3 is 0 Å². The highest BCUT2D eigenvalue weighted by Gasteiger charge is 1.93. The zero-order valence-electron chi connectivity index (χ0n) is 8.79. The number of thioether (sulfide) groups is 1. The first kappa shape index (κ1) is 12.8. The van der Waals surface area contributed by atoms with Crippen LogP contribution in [0.1, 0.15) is 6.92 Å². The fourth-order valence-corrected chi connectivity index (χ4v) is 1.57. The number of nitrogens with one attached hydrogen (secondary N) is 1. The molecule has 76 valence electrons. The first-order valence-electron chi connectivity index (χ1n) is 4.40. The molecule has 0 aromatic carbocycles. The average molecular weight is 207 g/mol. The predicted octanol–water partition coefficient (Wildman–Crippen LogP) is 3.61. The standard InChI is InChI=1S/C12H17NS/c1-5-7-12(8-6-2)14-11(3)9-10-13-4/h5-10,13H,1,3H2,2,4H3/b8-6-,10-9-,12-7+. The molecule has 0 fully saturated rings. The van der Waals surface area contributed by atoms with Gasteiger partial charge < -0.3 is 5.32 Å². The quantitative estimate of drug-likeness (QED) is 0.668. The smallest absolute Gasteiger partial charge is 0.0118 e. The Bertz CT molecular complexity index is 272. The van der Waals surface area contributed by atoms with Crippen molar-refractivity contribution in [1.29, 1.82) is 0 Å². The molecule has 1 N–H and O–H groups in total. The van der Waals surface area contributed by atoms with Crippen LogP contribution >= 0.6 is 11.8 Å². The second-order valence-corrected chi connectivity index (χ2v) is 3.70. The Morgan fingerprint density at radius 1 is 1.36 bits per heavy atom. The van der Waals surface area contributed by atoms with E-state index in [-0.39, 0.29) is 0 Å². The molecule has 2 heteroatoms. The Morgan fingerprint density at radius 3 is 2.57 bits per heavy atom. The van der Waals surface area contributed by atoms with Crippen LogP contribution in [0.3, 0.4) is 0 Å². The maximum Gasteiger partial charge on any atom is 0.0118 e. The normalized spacial score (nSPS) is 12.3. The van der Waals surface area contributed by atoms with Gasteiger partial charge in [-0.15, -0.1) is 0 Å². The van der Waals surface area contributed by atoms with Crippen LogP contribution in [0, 0.1) is 0 Å². The van der Waals surface area contributed by atoms with Crippen molar-refractivity contribution in [1.82, 2.24) is 5.32 Å². The molecule has 0 heterocycles. The predicted molar refractivity (Wildman–Crippen MR) is 68.0 cm³/mol. The van der Waals surface area contributed by atoms with E-state index in [0.717, 1.165) is 9.81 Å². The van der Waals surface area contributed by atoms with E-state index in [0.29, 0.717) is 0 Å². The minimum atomic E-state index is 0.991. The van der Waals surface area contributed by atoms with Crippen molar-refractivity contribution < 1.29 is 0 Å². The average Bonchev–Trinajstić information content (AvgIpc) is 2.15. The van der Waals surface area contributed by atoms with E-state index < -0.39 is 0 Å². The van der Waals surface area contributed by atoms with Crippen molar-refractivity contribution in [2.75, 3.05) is 7.05 Å². The summed E-state index contributed by atoms with van der Waals surface area (Å²) >= 11 is 1.62. The van der Waals surface area contributed by atoms with Crippen molar-refractivity contribution >= 4 is 11.8 Å². The fraction of sp³-hybridized carbons (Fsp3) is 0.167. The summed E-state index contributed by atoms with van der Waals surface area (Å²) in [6.07, 6.45) is 11.6. The van der Waals surface area contributed by atoms with Crippen LogP contribution in [0.5, 0.6) is 0 Å². The van der Waals surface area contributed by atoms with Crippen molar-refractivity contribution in [3.05, 3.63) is 59.5 Å². The molecule has 0 spiro atoms. The molecule has 0 aromatic heterocycles. The Balaban J connectivity index is 4.30. The molecule has 0 aliphatic heterocycles. The summed E-state index contributed by atoms with van der Waals surface area (Å²) in [4.78, 5) is 2.12. The number of allylic oxidation sites excluding steroid dienone is 5. The van der Waals surface area contributed by atoms with Gasteiger partial charge in [-0.25, -0.2) is 0 Å². The SMILES string of the molecule is C=C/C=C(\C=C/C)SC(=C)/C=C\NC. The van der Waals surface area contributed by atoms with Crippen molar-refractivity contribution in [2.24, 2.45) is 0 Å². The topological polar surface area (TPSA) is 12.0 Å². The van der Waals surface area contributed by atoms with Crippen molar-refractivity contribution in [3.63, 3.8) is 0 Å². The lowest BCUT2D eigenvalue weighted by Gasteiger charge is -2.00. The summed E-state index contributed by atoms with van der Waals surface area (Å²) < 4.78 is 0. The van der Waals surface area contributed by atoms with Gasteiger partial charge in [0.1, 0.15) is 0 Å². The van der Waals surface area contributed by atoms with Crippen LogP contribution in [0.15, 0.2) is 59.5 Å². The third kappa shape index (κ3) is 6.38. The van der Waals surface area contributed by atoms with Gasteiger partial charge in [-0.3, -0.25) is 0 Å². The van der Waals surface area contributed by atoms with Crippen LogP contribution in [0.25, 0.3) is 0 Å². The molecule has 0 amide bonds. The Labute approximate surface area is 91.0 Å². The van der Waals surface area contributed by atoms with Gasteiger partial charge in [0.15, 0.2) is 0 Å². The van der Waals surface area contributed by atoms with Crippen molar-refractivity contribution in [2.45, 2.75) is 6.92 Å². The Morgan fingerprint density at radius 2 is 2.07 bits per heavy atom. The van der Waals surface area contributed by atoms with E-state index in [1.54, 1.807) is 17.8 Å². The molecule has 0 aliphatic rings. The molecule has 0 saturated carbocycles. The summed E-state index contributed by atoms with van der Waals surface area (Å²) in [5.74, 6) is 0.